The number of halogens is 1. The number of esters is 2. The van der Waals surface area contributed by atoms with Gasteiger partial charge in [0.15, 0.2) is 5.92 Å². The molecule has 2 aromatic carbocycles. The summed E-state index contributed by atoms with van der Waals surface area (Å²) in [6, 6.07) is 14.7. The van der Waals surface area contributed by atoms with Gasteiger partial charge in [0.1, 0.15) is 0 Å². The van der Waals surface area contributed by atoms with Crippen LogP contribution in [0.3, 0.4) is 0 Å². The van der Waals surface area contributed by atoms with E-state index in [0.29, 0.717) is 5.02 Å². The van der Waals surface area contributed by atoms with Crippen molar-refractivity contribution in [2.75, 3.05) is 14.2 Å². The highest BCUT2D eigenvalue weighted by Crippen LogP contribution is 2.38. The number of para-hydroxylation sites is 1. The number of fused-ring (bicyclic) bond motifs is 1. The van der Waals surface area contributed by atoms with Crippen molar-refractivity contribution in [1.82, 2.24) is 4.98 Å². The fraction of sp³-hybridized carbons (Fsp3) is 0.200. The van der Waals surface area contributed by atoms with Gasteiger partial charge in [-0.2, -0.15) is 0 Å². The summed E-state index contributed by atoms with van der Waals surface area (Å²) in [7, 11) is 2.51. The predicted octanol–water partition coefficient (Wildman–Crippen LogP) is 3.92. The fourth-order valence-electron chi connectivity index (χ4n) is 3.20. The Morgan fingerprint density at radius 2 is 1.58 bits per heavy atom. The number of methoxy groups -OCH3 is 2. The summed E-state index contributed by atoms with van der Waals surface area (Å²) in [6.45, 7) is 0. The number of benzene rings is 2. The first-order chi connectivity index (χ1) is 12.6. The van der Waals surface area contributed by atoms with Gasteiger partial charge >= 0.3 is 11.9 Å². The van der Waals surface area contributed by atoms with Crippen LogP contribution in [0.15, 0.2) is 54.7 Å². The minimum atomic E-state index is -1.13. The van der Waals surface area contributed by atoms with Crippen LogP contribution in [-0.2, 0) is 19.1 Å². The largest absolute Gasteiger partial charge is 0.468 e. The van der Waals surface area contributed by atoms with Crippen LogP contribution in [0.4, 0.5) is 0 Å². The molecule has 0 bridgehead atoms. The molecule has 0 saturated carbocycles. The summed E-state index contributed by atoms with van der Waals surface area (Å²) in [5, 5.41) is 1.49. The number of hydrogen-bond acceptors (Lipinski definition) is 4. The van der Waals surface area contributed by atoms with Gasteiger partial charge in [0, 0.05) is 28.0 Å². The van der Waals surface area contributed by atoms with E-state index >= 15 is 0 Å². The summed E-state index contributed by atoms with van der Waals surface area (Å²) in [6.07, 6.45) is 1.81. The average Bonchev–Trinajstić information content (AvgIpc) is 3.09. The van der Waals surface area contributed by atoms with Crippen molar-refractivity contribution in [3.05, 3.63) is 70.9 Å². The first-order valence-corrected chi connectivity index (χ1v) is 8.41. The Kier molecular flexibility index (Phi) is 5.28. The predicted molar refractivity (Wildman–Crippen MR) is 99.1 cm³/mol. The maximum absolute atomic E-state index is 12.5. The first kappa shape index (κ1) is 18.0. The molecule has 0 aliphatic heterocycles. The number of ether oxygens (including phenoxy) is 2. The highest BCUT2D eigenvalue weighted by Gasteiger charge is 2.39. The normalized spacial score (nSPS) is 12.2. The van der Waals surface area contributed by atoms with Crippen molar-refractivity contribution in [2.45, 2.75) is 5.92 Å². The van der Waals surface area contributed by atoms with Crippen LogP contribution in [0.5, 0.6) is 0 Å². The van der Waals surface area contributed by atoms with Gasteiger partial charge in [-0.3, -0.25) is 9.59 Å². The van der Waals surface area contributed by atoms with E-state index in [1.165, 1.54) is 14.2 Å². The fourth-order valence-corrected chi connectivity index (χ4v) is 3.32. The average molecular weight is 372 g/mol. The van der Waals surface area contributed by atoms with Gasteiger partial charge in [-0.1, -0.05) is 41.9 Å². The Morgan fingerprint density at radius 3 is 2.19 bits per heavy atom. The molecule has 1 unspecified atom stereocenters. The number of aromatic nitrogens is 1. The number of H-pyrrole nitrogens is 1. The molecular weight excluding hydrogens is 354 g/mol. The molecular formula is C20H18ClNO4. The smallest absolute Gasteiger partial charge is 0.321 e. The quantitative estimate of drug-likeness (QED) is 0.545. The zero-order chi connectivity index (χ0) is 18.7. The van der Waals surface area contributed by atoms with Crippen LogP contribution >= 0.6 is 11.6 Å². The van der Waals surface area contributed by atoms with Gasteiger partial charge in [-0.15, -0.1) is 0 Å². The number of hydrogen-bond donors (Lipinski definition) is 1. The summed E-state index contributed by atoms with van der Waals surface area (Å²) in [5.41, 5.74) is 2.48. The number of carbonyl (C=O) groups excluding carboxylic acids is 2. The lowest BCUT2D eigenvalue weighted by Crippen LogP contribution is -2.32. The van der Waals surface area contributed by atoms with Gasteiger partial charge in [-0.05, 0) is 29.3 Å². The Hall–Kier alpha value is -2.79. The van der Waals surface area contributed by atoms with Crippen molar-refractivity contribution < 1.29 is 19.1 Å². The second-order valence-electron chi connectivity index (χ2n) is 5.84. The third-order valence-electron chi connectivity index (χ3n) is 4.43. The van der Waals surface area contributed by atoms with Crippen LogP contribution in [0.1, 0.15) is 17.0 Å². The molecule has 1 N–H and O–H groups in total. The molecule has 5 nitrogen and oxygen atoms in total. The molecule has 3 aromatic rings. The van der Waals surface area contributed by atoms with Crippen LogP contribution in [0.25, 0.3) is 10.9 Å². The lowest BCUT2D eigenvalue weighted by atomic mass is 9.80. The highest BCUT2D eigenvalue weighted by atomic mass is 35.5. The highest BCUT2D eigenvalue weighted by molar-refractivity contribution is 6.30. The first-order valence-electron chi connectivity index (χ1n) is 8.04. The van der Waals surface area contributed by atoms with Crippen LogP contribution in [-0.4, -0.2) is 31.1 Å². The molecule has 134 valence electrons. The lowest BCUT2D eigenvalue weighted by Gasteiger charge is -2.24. The Balaban J connectivity index is 2.23. The third kappa shape index (κ3) is 3.30. The zero-order valence-corrected chi connectivity index (χ0v) is 15.1. The maximum Gasteiger partial charge on any atom is 0.321 e. The molecule has 3 rings (SSSR count). The van der Waals surface area contributed by atoms with E-state index in [1.807, 2.05) is 30.5 Å². The zero-order valence-electron chi connectivity index (χ0n) is 14.4. The van der Waals surface area contributed by atoms with E-state index in [1.54, 1.807) is 24.3 Å². The number of nitrogens with one attached hydrogen (secondary N) is 1. The number of aromatic amines is 1. The van der Waals surface area contributed by atoms with Crippen LogP contribution < -0.4 is 0 Å². The topological polar surface area (TPSA) is 68.4 Å². The minimum absolute atomic E-state index is 0.569. The minimum Gasteiger partial charge on any atom is -0.468 e. The van der Waals surface area contributed by atoms with E-state index in [9.17, 15) is 9.59 Å². The SMILES string of the molecule is COC(=O)C(C(=O)OC)C(c1ccc(Cl)cc1)c1c[nH]c2ccccc12. The molecule has 0 amide bonds. The van der Waals surface area contributed by atoms with Crippen molar-refractivity contribution in [2.24, 2.45) is 5.92 Å². The molecule has 0 saturated heterocycles. The summed E-state index contributed by atoms with van der Waals surface area (Å²) in [4.78, 5) is 28.1. The molecule has 1 atom stereocenters. The van der Waals surface area contributed by atoms with Gasteiger partial charge in [0.25, 0.3) is 0 Å². The van der Waals surface area contributed by atoms with E-state index < -0.39 is 23.8 Å². The molecule has 0 fully saturated rings. The van der Waals surface area contributed by atoms with Gasteiger partial charge in [-0.25, -0.2) is 0 Å². The number of rotatable bonds is 5. The van der Waals surface area contributed by atoms with Gasteiger partial charge < -0.3 is 14.5 Å². The van der Waals surface area contributed by atoms with Crippen molar-refractivity contribution in [3.8, 4) is 0 Å². The summed E-state index contributed by atoms with van der Waals surface area (Å²) in [5.74, 6) is -3.02. The second-order valence-corrected chi connectivity index (χ2v) is 6.28. The molecule has 0 radical (unpaired) electrons. The van der Waals surface area contributed by atoms with E-state index in [-0.39, 0.29) is 0 Å². The Morgan fingerprint density at radius 1 is 0.962 bits per heavy atom. The van der Waals surface area contributed by atoms with Crippen molar-refractivity contribution in [1.29, 1.82) is 0 Å². The van der Waals surface area contributed by atoms with E-state index in [4.69, 9.17) is 21.1 Å². The van der Waals surface area contributed by atoms with E-state index in [0.717, 1.165) is 22.0 Å². The maximum atomic E-state index is 12.5. The lowest BCUT2D eigenvalue weighted by molar-refractivity contribution is -0.159. The molecule has 0 spiro atoms. The molecule has 6 heteroatoms. The Labute approximate surface area is 155 Å². The van der Waals surface area contributed by atoms with Gasteiger partial charge in [0.05, 0.1) is 14.2 Å². The molecule has 1 aromatic heterocycles. The van der Waals surface area contributed by atoms with Gasteiger partial charge in [0.2, 0.25) is 0 Å². The monoisotopic (exact) mass is 371 g/mol. The van der Waals surface area contributed by atoms with Crippen molar-refractivity contribution in [3.63, 3.8) is 0 Å². The van der Waals surface area contributed by atoms with E-state index in [2.05, 4.69) is 4.98 Å². The third-order valence-corrected chi connectivity index (χ3v) is 4.68. The molecule has 26 heavy (non-hydrogen) atoms. The van der Waals surface area contributed by atoms with Crippen LogP contribution in [0.2, 0.25) is 5.02 Å². The van der Waals surface area contributed by atoms with Crippen molar-refractivity contribution >= 4 is 34.4 Å². The second kappa shape index (κ2) is 7.62. The Bertz CT molecular complexity index is 916. The summed E-state index contributed by atoms with van der Waals surface area (Å²) >= 11 is 6.01. The summed E-state index contributed by atoms with van der Waals surface area (Å²) < 4.78 is 9.79. The molecule has 1 heterocycles. The van der Waals surface area contributed by atoms with Crippen LogP contribution in [0, 0.1) is 5.92 Å². The number of carbonyl (C=O) groups is 2. The molecule has 0 aliphatic carbocycles. The molecule has 0 aliphatic rings. The standard InChI is InChI=1S/C20H18ClNO4/c1-25-19(23)18(20(24)26-2)17(12-7-9-13(21)10-8-12)15-11-22-16-6-4-3-5-14(15)16/h3-11,17-18,22H,1-2H3.